The van der Waals surface area contributed by atoms with Crippen molar-refractivity contribution in [3.8, 4) is 0 Å². The summed E-state index contributed by atoms with van der Waals surface area (Å²) in [6.07, 6.45) is 2.23. The van der Waals surface area contributed by atoms with Crippen LogP contribution in [-0.2, 0) is 0 Å². The Kier molecular flexibility index (Phi) is 4.26. The molecule has 4 heteroatoms. The molecule has 1 aliphatic rings. The van der Waals surface area contributed by atoms with Crippen LogP contribution in [0.4, 0.5) is 8.78 Å². The predicted octanol–water partition coefficient (Wildman–Crippen LogP) is 1.72. The maximum absolute atomic E-state index is 12.6. The van der Waals surface area contributed by atoms with E-state index in [-0.39, 0.29) is 6.42 Å². The molecule has 0 bridgehead atoms. The van der Waals surface area contributed by atoms with E-state index in [1.54, 1.807) is 0 Å². The molecule has 1 fully saturated rings. The molecule has 0 radical (unpaired) electrons. The summed E-state index contributed by atoms with van der Waals surface area (Å²) in [6.45, 7) is 3.47. The molecule has 0 spiro atoms. The number of nitrogens with zero attached hydrogens (tertiary/aromatic N) is 1. The van der Waals surface area contributed by atoms with E-state index >= 15 is 0 Å². The van der Waals surface area contributed by atoms with E-state index < -0.39 is 5.92 Å². The monoisotopic (exact) mass is 206 g/mol. The minimum atomic E-state index is -2.53. The Morgan fingerprint density at radius 2 is 2.21 bits per heavy atom. The van der Waals surface area contributed by atoms with Crippen LogP contribution in [0.25, 0.3) is 0 Å². The first-order valence-electron chi connectivity index (χ1n) is 5.28. The summed E-state index contributed by atoms with van der Waals surface area (Å²) in [5.41, 5.74) is 0. The largest absolute Gasteiger partial charge is 0.315 e. The van der Waals surface area contributed by atoms with Gasteiger partial charge in [-0.05, 0) is 33.4 Å². The molecule has 0 saturated carbocycles. The van der Waals surface area contributed by atoms with Gasteiger partial charge in [-0.2, -0.15) is 0 Å². The number of hydrogen-bond donors (Lipinski definition) is 1. The van der Waals surface area contributed by atoms with Gasteiger partial charge in [0.05, 0.1) is 0 Å². The number of hydrogen-bond acceptors (Lipinski definition) is 2. The molecule has 0 aliphatic carbocycles. The maximum Gasteiger partial charge on any atom is 0.246 e. The zero-order valence-electron chi connectivity index (χ0n) is 9.02. The number of likely N-dealkylation sites (N-methyl/N-ethyl adjacent to an activating group) is 1. The van der Waals surface area contributed by atoms with Crippen LogP contribution < -0.4 is 5.32 Å². The van der Waals surface area contributed by atoms with Crippen molar-refractivity contribution in [1.29, 1.82) is 0 Å². The van der Waals surface area contributed by atoms with Crippen LogP contribution in [0.15, 0.2) is 0 Å². The summed E-state index contributed by atoms with van der Waals surface area (Å²) in [6, 6.07) is 0.436. The first kappa shape index (κ1) is 11.9. The highest BCUT2D eigenvalue weighted by Gasteiger charge is 2.24. The van der Waals surface area contributed by atoms with Gasteiger partial charge in [-0.3, -0.25) is 0 Å². The summed E-state index contributed by atoms with van der Waals surface area (Å²) in [5, 5.41) is 3.28. The minimum Gasteiger partial charge on any atom is -0.315 e. The van der Waals surface area contributed by atoms with E-state index in [4.69, 9.17) is 0 Å². The van der Waals surface area contributed by atoms with E-state index in [0.717, 1.165) is 32.9 Å². The van der Waals surface area contributed by atoms with Gasteiger partial charge in [0.1, 0.15) is 0 Å². The number of nitrogens with one attached hydrogen (secondary N) is 1. The van der Waals surface area contributed by atoms with Crippen LogP contribution in [0.1, 0.15) is 26.2 Å². The van der Waals surface area contributed by atoms with Gasteiger partial charge in [-0.1, -0.05) is 0 Å². The second kappa shape index (κ2) is 5.03. The van der Waals surface area contributed by atoms with Gasteiger partial charge in [0.15, 0.2) is 0 Å². The van der Waals surface area contributed by atoms with Gasteiger partial charge in [0.25, 0.3) is 0 Å². The average Bonchev–Trinajstić information content (AvgIpc) is 2.14. The molecule has 84 valence electrons. The third-order valence-electron chi connectivity index (χ3n) is 2.80. The molecule has 14 heavy (non-hydrogen) atoms. The van der Waals surface area contributed by atoms with Crippen molar-refractivity contribution in [2.45, 2.75) is 38.2 Å². The molecule has 1 heterocycles. The van der Waals surface area contributed by atoms with Crippen LogP contribution in [0.3, 0.4) is 0 Å². The molecule has 1 saturated heterocycles. The maximum atomic E-state index is 12.6. The smallest absolute Gasteiger partial charge is 0.246 e. The molecular formula is C10H20F2N2. The number of piperidine rings is 1. The van der Waals surface area contributed by atoms with E-state index in [1.807, 2.05) is 11.9 Å². The van der Waals surface area contributed by atoms with Crippen LogP contribution >= 0.6 is 0 Å². The molecule has 0 amide bonds. The van der Waals surface area contributed by atoms with Crippen molar-refractivity contribution >= 4 is 0 Å². The first-order chi connectivity index (χ1) is 6.49. The molecule has 2 nitrogen and oxygen atoms in total. The Bertz CT molecular complexity index is 162. The molecule has 0 aromatic heterocycles. The summed E-state index contributed by atoms with van der Waals surface area (Å²) in [7, 11) is 1.93. The Morgan fingerprint density at radius 3 is 2.71 bits per heavy atom. The Morgan fingerprint density at radius 1 is 1.50 bits per heavy atom. The molecule has 1 atom stereocenters. The van der Waals surface area contributed by atoms with E-state index in [9.17, 15) is 8.78 Å². The molecule has 1 N–H and O–H groups in total. The van der Waals surface area contributed by atoms with Gasteiger partial charge in [0, 0.05) is 25.6 Å². The topological polar surface area (TPSA) is 15.3 Å². The lowest BCUT2D eigenvalue weighted by Gasteiger charge is -2.32. The fourth-order valence-electron chi connectivity index (χ4n) is 1.76. The number of rotatable bonds is 4. The van der Waals surface area contributed by atoms with Crippen LogP contribution in [0.2, 0.25) is 0 Å². The van der Waals surface area contributed by atoms with Crippen molar-refractivity contribution < 1.29 is 8.78 Å². The normalized spacial score (nSPS) is 24.2. The number of alkyl halides is 2. The lowest BCUT2D eigenvalue weighted by atomic mass is 10.1. The first-order valence-corrected chi connectivity index (χ1v) is 5.28. The Balaban J connectivity index is 2.23. The zero-order valence-corrected chi connectivity index (χ0v) is 9.02. The zero-order chi connectivity index (χ0) is 10.6. The lowest BCUT2D eigenvalue weighted by molar-refractivity contribution is 0.00106. The minimum absolute atomic E-state index is 0.0417. The Labute approximate surface area is 84.7 Å². The third kappa shape index (κ3) is 4.33. The van der Waals surface area contributed by atoms with Crippen molar-refractivity contribution in [3.05, 3.63) is 0 Å². The summed E-state index contributed by atoms with van der Waals surface area (Å²) >= 11 is 0. The molecule has 0 aromatic rings. The van der Waals surface area contributed by atoms with Gasteiger partial charge in [-0.25, -0.2) is 8.78 Å². The van der Waals surface area contributed by atoms with Gasteiger partial charge in [0.2, 0.25) is 5.92 Å². The predicted molar refractivity (Wildman–Crippen MR) is 53.8 cm³/mol. The summed E-state index contributed by atoms with van der Waals surface area (Å²) < 4.78 is 25.2. The standard InChI is InChI=1S/C10H20F2N2/c1-10(11,12)5-7-14(2)9-4-3-6-13-8-9/h9,13H,3-8H2,1-2H3. The van der Waals surface area contributed by atoms with Crippen LogP contribution in [-0.4, -0.2) is 43.5 Å². The van der Waals surface area contributed by atoms with Gasteiger partial charge < -0.3 is 10.2 Å². The Hall–Kier alpha value is -0.220. The highest BCUT2D eigenvalue weighted by atomic mass is 19.3. The molecule has 1 rings (SSSR count). The van der Waals surface area contributed by atoms with Crippen molar-refractivity contribution in [1.82, 2.24) is 10.2 Å². The lowest BCUT2D eigenvalue weighted by Crippen LogP contribution is -2.45. The number of halogens is 2. The second-order valence-corrected chi connectivity index (χ2v) is 4.30. The SMILES string of the molecule is CN(CCC(C)(F)F)C1CCCNC1. The quantitative estimate of drug-likeness (QED) is 0.753. The fraction of sp³-hybridized carbons (Fsp3) is 1.00. The van der Waals surface area contributed by atoms with Crippen molar-refractivity contribution in [2.75, 3.05) is 26.7 Å². The highest BCUT2D eigenvalue weighted by molar-refractivity contribution is 4.77. The second-order valence-electron chi connectivity index (χ2n) is 4.30. The van der Waals surface area contributed by atoms with E-state index in [0.29, 0.717) is 12.6 Å². The van der Waals surface area contributed by atoms with E-state index in [1.165, 1.54) is 0 Å². The summed E-state index contributed by atoms with van der Waals surface area (Å²) in [5.74, 6) is -2.53. The fourth-order valence-corrected chi connectivity index (χ4v) is 1.76. The van der Waals surface area contributed by atoms with Crippen molar-refractivity contribution in [3.63, 3.8) is 0 Å². The average molecular weight is 206 g/mol. The molecule has 1 unspecified atom stereocenters. The van der Waals surface area contributed by atoms with Gasteiger partial charge in [-0.15, -0.1) is 0 Å². The highest BCUT2D eigenvalue weighted by Crippen LogP contribution is 2.18. The summed E-state index contributed by atoms with van der Waals surface area (Å²) in [4.78, 5) is 2.05. The van der Waals surface area contributed by atoms with Crippen LogP contribution in [0, 0.1) is 0 Å². The molecule has 1 aliphatic heterocycles. The van der Waals surface area contributed by atoms with E-state index in [2.05, 4.69) is 5.32 Å². The molecular weight excluding hydrogens is 186 g/mol. The van der Waals surface area contributed by atoms with Crippen molar-refractivity contribution in [2.24, 2.45) is 0 Å². The third-order valence-corrected chi connectivity index (χ3v) is 2.80. The molecule has 0 aromatic carbocycles. The van der Waals surface area contributed by atoms with Gasteiger partial charge >= 0.3 is 0 Å². The van der Waals surface area contributed by atoms with Crippen LogP contribution in [0.5, 0.6) is 0 Å².